The molecule has 0 fully saturated rings. The van der Waals surface area contributed by atoms with E-state index in [1.54, 1.807) is 27.3 Å². The summed E-state index contributed by atoms with van der Waals surface area (Å²) in [4.78, 5) is 17.9. The molecule has 0 bridgehead atoms. The van der Waals surface area contributed by atoms with Gasteiger partial charge in [-0.1, -0.05) is 12.1 Å². The van der Waals surface area contributed by atoms with Gasteiger partial charge in [-0.25, -0.2) is 9.38 Å². The van der Waals surface area contributed by atoms with Crippen LogP contribution in [0.2, 0.25) is 0 Å². The van der Waals surface area contributed by atoms with E-state index in [4.69, 9.17) is 9.47 Å². The van der Waals surface area contributed by atoms with E-state index >= 15 is 0 Å². The molecule has 1 amide bonds. The molecular formula is C22H30FIN4O3. The highest BCUT2D eigenvalue weighted by atomic mass is 127. The maximum Gasteiger partial charge on any atom is 0.241 e. The Bertz CT molecular complexity index is 860. The van der Waals surface area contributed by atoms with Crippen LogP contribution in [0.25, 0.3) is 0 Å². The lowest BCUT2D eigenvalue weighted by Crippen LogP contribution is -2.43. The standard InChI is InChI=1S/C22H29FN4O3.HI/c1-27(2)21(28)15-26-22(24-10-9-16-5-7-19(29-3)8-6-16)25-14-17-11-18(23)13-20(12-17)30-4;/h5-8,11-13H,9-10,14-15H2,1-4H3,(H2,24,25,26);1H. The quantitative estimate of drug-likeness (QED) is 0.289. The molecule has 2 N–H and O–H groups in total. The van der Waals surface area contributed by atoms with Gasteiger partial charge in [0.2, 0.25) is 5.91 Å². The summed E-state index contributed by atoms with van der Waals surface area (Å²) in [5, 5.41) is 6.24. The van der Waals surface area contributed by atoms with E-state index < -0.39 is 0 Å². The van der Waals surface area contributed by atoms with Crippen LogP contribution in [0.5, 0.6) is 11.5 Å². The number of aliphatic imine (C=N–C) groups is 1. The average Bonchev–Trinajstić information content (AvgIpc) is 2.74. The maximum atomic E-state index is 13.7. The smallest absolute Gasteiger partial charge is 0.241 e. The van der Waals surface area contributed by atoms with Gasteiger partial charge >= 0.3 is 0 Å². The van der Waals surface area contributed by atoms with Crippen molar-refractivity contribution in [3.8, 4) is 11.5 Å². The van der Waals surface area contributed by atoms with Gasteiger partial charge in [-0.3, -0.25) is 4.79 Å². The largest absolute Gasteiger partial charge is 0.497 e. The molecule has 0 heterocycles. The van der Waals surface area contributed by atoms with Gasteiger partial charge in [-0.05, 0) is 41.8 Å². The summed E-state index contributed by atoms with van der Waals surface area (Å²) >= 11 is 0. The van der Waals surface area contributed by atoms with Gasteiger partial charge in [0.05, 0.1) is 27.3 Å². The fraction of sp³-hybridized carbons (Fsp3) is 0.364. The number of halogens is 2. The summed E-state index contributed by atoms with van der Waals surface area (Å²) in [6, 6.07) is 12.3. The van der Waals surface area contributed by atoms with Gasteiger partial charge < -0.3 is 25.0 Å². The number of rotatable bonds is 9. The second-order valence-electron chi connectivity index (χ2n) is 6.83. The molecule has 31 heavy (non-hydrogen) atoms. The van der Waals surface area contributed by atoms with Crippen molar-refractivity contribution in [2.45, 2.75) is 13.0 Å². The van der Waals surface area contributed by atoms with E-state index in [0.717, 1.165) is 17.7 Å². The van der Waals surface area contributed by atoms with E-state index in [9.17, 15) is 9.18 Å². The zero-order valence-electron chi connectivity index (χ0n) is 18.3. The van der Waals surface area contributed by atoms with Crippen LogP contribution in [0.3, 0.4) is 0 Å². The Hall–Kier alpha value is -2.56. The average molecular weight is 544 g/mol. The summed E-state index contributed by atoms with van der Waals surface area (Å²) in [7, 11) is 6.50. The van der Waals surface area contributed by atoms with Crippen molar-refractivity contribution in [3.63, 3.8) is 0 Å². The van der Waals surface area contributed by atoms with Crippen LogP contribution >= 0.6 is 24.0 Å². The fourth-order valence-corrected chi connectivity index (χ4v) is 2.61. The first-order chi connectivity index (χ1) is 14.4. The van der Waals surface area contributed by atoms with Gasteiger partial charge in [0.25, 0.3) is 0 Å². The molecule has 9 heteroatoms. The Kier molecular flexibility index (Phi) is 11.7. The van der Waals surface area contributed by atoms with E-state index in [-0.39, 0.29) is 48.8 Å². The maximum absolute atomic E-state index is 13.7. The summed E-state index contributed by atoms with van der Waals surface area (Å²) in [5.41, 5.74) is 1.81. The van der Waals surface area contributed by atoms with Crippen LogP contribution in [0, 0.1) is 5.82 Å². The molecule has 2 aromatic carbocycles. The lowest BCUT2D eigenvalue weighted by Gasteiger charge is -2.15. The first-order valence-corrected chi connectivity index (χ1v) is 9.60. The molecule has 0 aliphatic rings. The number of hydrogen-bond acceptors (Lipinski definition) is 4. The zero-order chi connectivity index (χ0) is 21.9. The SMILES string of the molecule is COc1ccc(CCNC(=NCc2cc(F)cc(OC)c2)NCC(=O)N(C)C)cc1.I. The predicted molar refractivity (Wildman–Crippen MR) is 131 cm³/mol. The molecule has 0 spiro atoms. The Labute approximate surface area is 200 Å². The van der Waals surface area contributed by atoms with E-state index in [1.807, 2.05) is 24.3 Å². The number of guanidine groups is 1. The number of likely N-dealkylation sites (N-methyl/N-ethyl adjacent to an activating group) is 1. The minimum absolute atomic E-state index is 0. The lowest BCUT2D eigenvalue weighted by atomic mass is 10.1. The number of carbonyl (C=O) groups is 1. The Morgan fingerprint density at radius 3 is 2.29 bits per heavy atom. The highest BCUT2D eigenvalue weighted by Crippen LogP contribution is 2.16. The van der Waals surface area contributed by atoms with Gasteiger partial charge in [0.15, 0.2) is 5.96 Å². The van der Waals surface area contributed by atoms with Gasteiger partial charge in [-0.15, -0.1) is 24.0 Å². The van der Waals surface area contributed by atoms with Crippen molar-refractivity contribution < 1.29 is 18.7 Å². The molecule has 0 saturated carbocycles. The number of benzene rings is 2. The molecule has 2 rings (SSSR count). The van der Waals surface area contributed by atoms with Crippen molar-refractivity contribution in [1.82, 2.24) is 15.5 Å². The molecule has 0 aliphatic carbocycles. The number of nitrogens with one attached hydrogen (secondary N) is 2. The second-order valence-corrected chi connectivity index (χ2v) is 6.83. The zero-order valence-corrected chi connectivity index (χ0v) is 20.6. The molecule has 0 aromatic heterocycles. The molecule has 0 atom stereocenters. The lowest BCUT2D eigenvalue weighted by molar-refractivity contribution is -0.127. The van der Waals surface area contributed by atoms with Crippen molar-refractivity contribution in [2.75, 3.05) is 41.4 Å². The van der Waals surface area contributed by atoms with Gasteiger partial charge in [0, 0.05) is 26.7 Å². The van der Waals surface area contributed by atoms with Gasteiger partial charge in [-0.2, -0.15) is 0 Å². The first-order valence-electron chi connectivity index (χ1n) is 9.60. The number of carbonyl (C=O) groups excluding carboxylic acids is 1. The summed E-state index contributed by atoms with van der Waals surface area (Å²) in [5.74, 6) is 1.26. The Morgan fingerprint density at radius 2 is 1.68 bits per heavy atom. The Morgan fingerprint density at radius 1 is 1.00 bits per heavy atom. The van der Waals surface area contributed by atoms with Crippen LogP contribution < -0.4 is 20.1 Å². The van der Waals surface area contributed by atoms with E-state index in [2.05, 4.69) is 15.6 Å². The molecule has 170 valence electrons. The topological polar surface area (TPSA) is 75.2 Å². The third-order valence-electron chi connectivity index (χ3n) is 4.36. The highest BCUT2D eigenvalue weighted by Gasteiger charge is 2.07. The third-order valence-corrected chi connectivity index (χ3v) is 4.36. The van der Waals surface area contributed by atoms with Crippen molar-refractivity contribution >= 4 is 35.8 Å². The van der Waals surface area contributed by atoms with Gasteiger partial charge in [0.1, 0.15) is 17.3 Å². The molecule has 0 radical (unpaired) electrons. The normalized spacial score (nSPS) is 10.7. The molecule has 7 nitrogen and oxygen atoms in total. The summed E-state index contributed by atoms with van der Waals surface area (Å²) in [6.45, 7) is 0.955. The number of hydrogen-bond donors (Lipinski definition) is 2. The van der Waals surface area contributed by atoms with Crippen LogP contribution in [0.1, 0.15) is 11.1 Å². The van der Waals surface area contributed by atoms with E-state index in [1.165, 1.54) is 24.1 Å². The molecule has 2 aromatic rings. The van der Waals surface area contributed by atoms with Crippen LogP contribution in [-0.2, 0) is 17.8 Å². The van der Waals surface area contributed by atoms with Crippen LogP contribution in [-0.4, -0.2) is 58.2 Å². The molecule has 0 unspecified atom stereocenters. The van der Waals surface area contributed by atoms with Crippen molar-refractivity contribution in [1.29, 1.82) is 0 Å². The van der Waals surface area contributed by atoms with Crippen molar-refractivity contribution in [3.05, 3.63) is 59.4 Å². The predicted octanol–water partition coefficient (Wildman–Crippen LogP) is 2.83. The summed E-state index contributed by atoms with van der Waals surface area (Å²) in [6.07, 6.45) is 0.764. The number of nitrogens with zero attached hydrogens (tertiary/aromatic N) is 2. The monoisotopic (exact) mass is 544 g/mol. The van der Waals surface area contributed by atoms with Crippen molar-refractivity contribution in [2.24, 2.45) is 4.99 Å². The minimum Gasteiger partial charge on any atom is -0.497 e. The molecule has 0 aliphatic heterocycles. The van der Waals surface area contributed by atoms with Crippen LogP contribution in [0.15, 0.2) is 47.5 Å². The molecule has 0 saturated heterocycles. The first kappa shape index (κ1) is 26.5. The van der Waals surface area contributed by atoms with Crippen LogP contribution in [0.4, 0.5) is 4.39 Å². The second kappa shape index (κ2) is 13.7. The number of amides is 1. The summed E-state index contributed by atoms with van der Waals surface area (Å²) < 4.78 is 24.0. The third kappa shape index (κ3) is 9.41. The fourth-order valence-electron chi connectivity index (χ4n) is 2.61. The Balaban J connectivity index is 0.00000480. The van der Waals surface area contributed by atoms with E-state index in [0.29, 0.717) is 23.8 Å². The minimum atomic E-state index is -0.385. The number of ether oxygens (including phenoxy) is 2. The molecular weight excluding hydrogens is 514 g/mol. The highest BCUT2D eigenvalue weighted by molar-refractivity contribution is 14.0. The number of methoxy groups -OCH3 is 2.